The highest BCUT2D eigenvalue weighted by Gasteiger charge is 2.24. The summed E-state index contributed by atoms with van der Waals surface area (Å²) in [6.07, 6.45) is 2.33. The van der Waals surface area contributed by atoms with Crippen LogP contribution in [0.2, 0.25) is 0 Å². The first-order chi connectivity index (χ1) is 3.77. The van der Waals surface area contributed by atoms with Gasteiger partial charge >= 0.3 is 0 Å². The molecule has 0 aromatic rings. The van der Waals surface area contributed by atoms with Crippen molar-refractivity contribution in [1.82, 2.24) is 5.32 Å². The molecule has 3 N–H and O–H groups in total. The summed E-state index contributed by atoms with van der Waals surface area (Å²) >= 11 is 1.26. The summed E-state index contributed by atoms with van der Waals surface area (Å²) < 4.78 is 0. The fraction of sp³-hybridized carbons (Fsp3) is 0.250. The Labute approximate surface area is 67.8 Å². The van der Waals surface area contributed by atoms with Crippen LogP contribution < -0.4 is 11.1 Å². The quantitative estimate of drug-likeness (QED) is 0.607. The van der Waals surface area contributed by atoms with Crippen LogP contribution in [0.1, 0.15) is 0 Å². The maximum Gasteiger partial charge on any atom is 0.195 e. The second-order valence-electron chi connectivity index (χ2n) is 1.48. The second-order valence-corrected chi connectivity index (χ2v) is 2.66. The van der Waals surface area contributed by atoms with Gasteiger partial charge in [0.05, 0.1) is 0 Å². The van der Waals surface area contributed by atoms with Crippen molar-refractivity contribution in [2.24, 2.45) is 5.73 Å². The van der Waals surface area contributed by atoms with Crippen LogP contribution in [0.25, 0.3) is 0 Å². The van der Waals surface area contributed by atoms with E-state index in [0.717, 1.165) is 0 Å². The van der Waals surface area contributed by atoms with Crippen molar-refractivity contribution in [2.75, 3.05) is 0 Å². The van der Waals surface area contributed by atoms with Crippen LogP contribution in [0.3, 0.4) is 0 Å². The minimum Gasteiger partial charge on any atom is -0.358 e. The van der Waals surface area contributed by atoms with Crippen molar-refractivity contribution in [3.8, 4) is 0 Å². The standard InChI is InChI=1S/C4H6N2OS.BrH/c5-4(3-7)6-1-2-8-4;/h1-3,6H,5H2;1H. The smallest absolute Gasteiger partial charge is 0.195 e. The van der Waals surface area contributed by atoms with Crippen molar-refractivity contribution in [2.45, 2.75) is 4.99 Å². The Balaban J connectivity index is 0.000000640. The van der Waals surface area contributed by atoms with E-state index in [1.807, 2.05) is 0 Å². The normalized spacial score (nSPS) is 30.8. The van der Waals surface area contributed by atoms with E-state index in [0.29, 0.717) is 6.29 Å². The summed E-state index contributed by atoms with van der Waals surface area (Å²) in [4.78, 5) is 9.19. The molecule has 0 bridgehead atoms. The number of hydrogen-bond donors (Lipinski definition) is 2. The molecule has 0 aromatic heterocycles. The molecule has 9 heavy (non-hydrogen) atoms. The zero-order valence-corrected chi connectivity index (χ0v) is 7.06. The minimum atomic E-state index is -0.889. The van der Waals surface area contributed by atoms with E-state index in [1.54, 1.807) is 11.6 Å². The van der Waals surface area contributed by atoms with Gasteiger partial charge in [0, 0.05) is 6.20 Å². The molecule has 52 valence electrons. The van der Waals surface area contributed by atoms with E-state index < -0.39 is 4.99 Å². The van der Waals surface area contributed by atoms with Crippen molar-refractivity contribution >= 4 is 35.0 Å². The summed E-state index contributed by atoms with van der Waals surface area (Å²) in [7, 11) is 0. The molecule has 0 spiro atoms. The number of aldehydes is 1. The number of rotatable bonds is 1. The SMILES string of the molecule is Br.NC1(C=O)NC=CS1. The van der Waals surface area contributed by atoms with Crippen LogP contribution in [0.5, 0.6) is 0 Å². The average molecular weight is 211 g/mol. The monoisotopic (exact) mass is 210 g/mol. The molecule has 1 aliphatic rings. The van der Waals surface area contributed by atoms with Crippen LogP contribution in [-0.4, -0.2) is 11.3 Å². The first kappa shape index (κ1) is 9.00. The van der Waals surface area contributed by atoms with E-state index in [9.17, 15) is 4.79 Å². The third-order valence-electron chi connectivity index (χ3n) is 0.815. The van der Waals surface area contributed by atoms with E-state index in [2.05, 4.69) is 5.32 Å². The fourth-order valence-electron chi connectivity index (χ4n) is 0.407. The third kappa shape index (κ3) is 2.00. The van der Waals surface area contributed by atoms with Crippen LogP contribution in [0.15, 0.2) is 11.6 Å². The van der Waals surface area contributed by atoms with Crippen molar-refractivity contribution in [1.29, 1.82) is 0 Å². The molecule has 1 unspecified atom stereocenters. The van der Waals surface area contributed by atoms with Crippen LogP contribution in [0.4, 0.5) is 0 Å². The Morgan fingerprint density at radius 1 is 1.78 bits per heavy atom. The van der Waals surface area contributed by atoms with E-state index in [1.165, 1.54) is 11.8 Å². The number of nitrogens with one attached hydrogen (secondary N) is 1. The average Bonchev–Trinajstić information content (AvgIpc) is 2.17. The summed E-state index contributed by atoms with van der Waals surface area (Å²) in [5, 5.41) is 4.42. The molecule has 3 nitrogen and oxygen atoms in total. The highest BCUT2D eigenvalue weighted by Crippen LogP contribution is 2.19. The zero-order chi connectivity index (χ0) is 6.04. The van der Waals surface area contributed by atoms with Gasteiger partial charge < -0.3 is 5.32 Å². The lowest BCUT2D eigenvalue weighted by Gasteiger charge is -2.13. The van der Waals surface area contributed by atoms with Gasteiger partial charge in [0.25, 0.3) is 0 Å². The van der Waals surface area contributed by atoms with Gasteiger partial charge in [0.2, 0.25) is 0 Å². The third-order valence-corrected chi connectivity index (χ3v) is 1.69. The maximum absolute atomic E-state index is 10.1. The van der Waals surface area contributed by atoms with Gasteiger partial charge in [-0.3, -0.25) is 10.5 Å². The molecule has 0 aliphatic carbocycles. The van der Waals surface area contributed by atoms with E-state index >= 15 is 0 Å². The summed E-state index contributed by atoms with van der Waals surface area (Å²) in [6.45, 7) is 0. The van der Waals surface area contributed by atoms with Gasteiger partial charge in [-0.2, -0.15) is 0 Å². The van der Waals surface area contributed by atoms with Gasteiger partial charge in [-0.1, -0.05) is 11.8 Å². The van der Waals surface area contributed by atoms with E-state index in [-0.39, 0.29) is 17.0 Å². The molecule has 0 radical (unpaired) electrons. The Morgan fingerprint density at radius 3 is 2.67 bits per heavy atom. The molecule has 1 rings (SSSR count). The number of nitrogens with two attached hydrogens (primary N) is 1. The molecule has 0 saturated heterocycles. The highest BCUT2D eigenvalue weighted by atomic mass is 79.9. The van der Waals surface area contributed by atoms with Crippen molar-refractivity contribution in [3.05, 3.63) is 11.6 Å². The summed E-state index contributed by atoms with van der Waals surface area (Å²) in [5.74, 6) is 0. The summed E-state index contributed by atoms with van der Waals surface area (Å²) in [6, 6.07) is 0. The van der Waals surface area contributed by atoms with Gasteiger partial charge in [-0.25, -0.2) is 0 Å². The second kappa shape index (κ2) is 3.24. The Morgan fingerprint density at radius 2 is 2.44 bits per heavy atom. The molecule has 1 atom stereocenters. The molecule has 0 amide bonds. The Kier molecular flexibility index (Phi) is 3.24. The highest BCUT2D eigenvalue weighted by molar-refractivity contribution is 8.93. The van der Waals surface area contributed by atoms with Gasteiger partial charge in [-0.05, 0) is 5.41 Å². The van der Waals surface area contributed by atoms with Crippen LogP contribution in [0, 0.1) is 0 Å². The summed E-state index contributed by atoms with van der Waals surface area (Å²) in [5.41, 5.74) is 5.38. The fourth-order valence-corrected chi connectivity index (χ4v) is 0.960. The number of carbonyl (C=O) groups excluding carboxylic acids is 1. The molecule has 1 heterocycles. The predicted octanol–water partition coefficient (Wildman–Crippen LogP) is 0.183. The molecule has 1 aliphatic heterocycles. The lowest BCUT2D eigenvalue weighted by atomic mass is 10.6. The van der Waals surface area contributed by atoms with Gasteiger partial charge in [0.1, 0.15) is 0 Å². The minimum absolute atomic E-state index is 0. The van der Waals surface area contributed by atoms with Crippen LogP contribution >= 0.6 is 28.7 Å². The number of halogens is 1. The molecular weight excluding hydrogens is 204 g/mol. The number of carbonyl (C=O) groups is 1. The Hall–Kier alpha value is -0.0000000000000000555. The number of thioether (sulfide) groups is 1. The van der Waals surface area contributed by atoms with Crippen molar-refractivity contribution in [3.63, 3.8) is 0 Å². The lowest BCUT2D eigenvalue weighted by molar-refractivity contribution is -0.110. The lowest BCUT2D eigenvalue weighted by Crippen LogP contribution is -2.46. The van der Waals surface area contributed by atoms with Gasteiger partial charge in [0.15, 0.2) is 11.3 Å². The maximum atomic E-state index is 10.1. The predicted molar refractivity (Wildman–Crippen MR) is 43.2 cm³/mol. The number of hydrogen-bond acceptors (Lipinski definition) is 4. The largest absolute Gasteiger partial charge is 0.358 e. The van der Waals surface area contributed by atoms with Gasteiger partial charge in [-0.15, -0.1) is 17.0 Å². The van der Waals surface area contributed by atoms with Crippen LogP contribution in [-0.2, 0) is 4.79 Å². The van der Waals surface area contributed by atoms with Crippen molar-refractivity contribution < 1.29 is 4.79 Å². The molecule has 0 aromatic carbocycles. The van der Waals surface area contributed by atoms with E-state index in [4.69, 9.17) is 5.73 Å². The first-order valence-corrected chi connectivity index (χ1v) is 3.00. The molecular formula is C4H7BrN2OS. The zero-order valence-electron chi connectivity index (χ0n) is 4.53. The molecule has 0 fully saturated rings. The molecule has 0 saturated carbocycles. The Bertz CT molecular complexity index is 131. The molecule has 5 heteroatoms. The topological polar surface area (TPSA) is 55.1 Å². The first-order valence-electron chi connectivity index (χ1n) is 2.12.